The summed E-state index contributed by atoms with van der Waals surface area (Å²) in [7, 11) is 0. The molecule has 3 heterocycles. The Balaban J connectivity index is 1.06. The number of rotatable bonds is 4. The average Bonchev–Trinajstić information content (AvgIpc) is 3.77. The molecule has 230 valence electrons. The van der Waals surface area contributed by atoms with Gasteiger partial charge in [-0.2, -0.15) is 0 Å². The Morgan fingerprint density at radius 2 is 1.33 bits per heavy atom. The minimum absolute atomic E-state index is 0.0370. The highest BCUT2D eigenvalue weighted by Gasteiger charge is 2.28. The van der Waals surface area contributed by atoms with Gasteiger partial charge < -0.3 is 10.6 Å². The molecular weight excluding hydrogens is 623 g/mol. The summed E-state index contributed by atoms with van der Waals surface area (Å²) in [6.45, 7) is 0. The van der Waals surface area contributed by atoms with E-state index >= 15 is 0 Å². The lowest BCUT2D eigenvalue weighted by molar-refractivity contribution is 0.444. The summed E-state index contributed by atoms with van der Waals surface area (Å²) in [4.78, 5) is 1.31. The Morgan fingerprint density at radius 1 is 0.562 bits per heavy atom. The first-order valence-electron chi connectivity index (χ1n) is 16.4. The molecule has 5 heteroatoms. The Hall–Kier alpha value is -5.07. The van der Waals surface area contributed by atoms with Crippen LogP contribution in [0.15, 0.2) is 157 Å². The maximum atomic E-state index is 3.99. The van der Waals surface area contributed by atoms with Gasteiger partial charge in [-0.3, -0.25) is 5.32 Å². The van der Waals surface area contributed by atoms with Crippen LogP contribution in [0.4, 0.5) is 5.69 Å². The van der Waals surface area contributed by atoms with Gasteiger partial charge >= 0.3 is 0 Å². The maximum absolute atomic E-state index is 3.99. The quantitative estimate of drug-likeness (QED) is 0.165. The fourth-order valence-corrected chi connectivity index (χ4v) is 9.86. The van der Waals surface area contributed by atoms with Crippen LogP contribution < -0.4 is 16.0 Å². The van der Waals surface area contributed by atoms with Gasteiger partial charge in [0.05, 0.1) is 11.7 Å². The van der Waals surface area contributed by atoms with Crippen LogP contribution in [-0.2, 0) is 0 Å². The number of thiophene rings is 1. The molecule has 0 saturated carbocycles. The van der Waals surface area contributed by atoms with E-state index in [1.807, 2.05) is 23.1 Å². The van der Waals surface area contributed by atoms with Crippen molar-refractivity contribution in [3.63, 3.8) is 0 Å². The normalized spacial score (nSPS) is 18.9. The van der Waals surface area contributed by atoms with Crippen LogP contribution in [0.5, 0.6) is 0 Å². The van der Waals surface area contributed by atoms with Crippen LogP contribution >= 0.6 is 23.1 Å². The highest BCUT2D eigenvalue weighted by Crippen LogP contribution is 2.51. The SMILES string of the molecule is C1=C(c2ccccc2)NC(c2ccc3c(ccc4ccc5c(c43)NC(c3ccccc3)S5)c2)NC1c1cccc2c1sc1ccccc12. The molecule has 0 spiro atoms. The first kappa shape index (κ1) is 28.0. The Labute approximate surface area is 287 Å². The lowest BCUT2D eigenvalue weighted by Gasteiger charge is -2.33. The van der Waals surface area contributed by atoms with Gasteiger partial charge in [0.25, 0.3) is 0 Å². The van der Waals surface area contributed by atoms with E-state index in [9.17, 15) is 0 Å². The molecule has 0 saturated heterocycles. The van der Waals surface area contributed by atoms with E-state index in [-0.39, 0.29) is 17.6 Å². The molecule has 48 heavy (non-hydrogen) atoms. The van der Waals surface area contributed by atoms with E-state index in [4.69, 9.17) is 0 Å². The molecule has 8 aromatic rings. The summed E-state index contributed by atoms with van der Waals surface area (Å²) in [6, 6.07) is 53.0. The molecular formula is C43H31N3S2. The Morgan fingerprint density at radius 3 is 2.23 bits per heavy atom. The standard InChI is InChI=1S/C43H31N3S2/c1-3-10-26(11-4-1)35-25-36(34-16-9-15-33-32-14-7-8-17-37(32)47-41(33)34)45-42(44-35)30-20-22-31-29(24-30)19-18-27-21-23-38-40(39(27)31)46-43(48-38)28-12-5-2-6-13-28/h1-25,36,42-46H. The van der Waals surface area contributed by atoms with Crippen LogP contribution in [0, 0.1) is 0 Å². The number of hydrogen-bond acceptors (Lipinski definition) is 5. The second-order valence-corrected chi connectivity index (χ2v) is 14.8. The minimum atomic E-state index is -0.0717. The smallest absolute Gasteiger partial charge is 0.104 e. The fraction of sp³-hybridized carbons (Fsp3) is 0.0698. The van der Waals surface area contributed by atoms with E-state index in [2.05, 4.69) is 168 Å². The van der Waals surface area contributed by atoms with Crippen molar-refractivity contribution in [1.29, 1.82) is 0 Å². The number of thioether (sulfide) groups is 1. The van der Waals surface area contributed by atoms with Crippen molar-refractivity contribution < 1.29 is 0 Å². The number of nitrogens with one attached hydrogen (secondary N) is 3. The van der Waals surface area contributed by atoms with Crippen molar-refractivity contribution in [3.05, 3.63) is 174 Å². The van der Waals surface area contributed by atoms with Crippen molar-refractivity contribution in [3.8, 4) is 0 Å². The van der Waals surface area contributed by atoms with Gasteiger partial charge in [-0.15, -0.1) is 11.3 Å². The Bertz CT molecular complexity index is 2540. The summed E-state index contributed by atoms with van der Waals surface area (Å²) >= 11 is 3.79. The molecule has 10 rings (SSSR count). The van der Waals surface area contributed by atoms with E-state index in [0.29, 0.717) is 0 Å². The third kappa shape index (κ3) is 4.61. The van der Waals surface area contributed by atoms with Gasteiger partial charge in [0, 0.05) is 36.2 Å². The van der Waals surface area contributed by atoms with Crippen LogP contribution in [0.1, 0.15) is 39.8 Å². The largest absolute Gasteiger partial charge is 0.368 e. The third-order valence-corrected chi connectivity index (χ3v) is 12.2. The number of hydrogen-bond donors (Lipinski definition) is 3. The van der Waals surface area contributed by atoms with Crippen molar-refractivity contribution in [1.82, 2.24) is 10.6 Å². The van der Waals surface area contributed by atoms with E-state index in [1.54, 1.807) is 0 Å². The predicted octanol–water partition coefficient (Wildman–Crippen LogP) is 11.6. The summed E-state index contributed by atoms with van der Waals surface area (Å²) in [6.07, 6.45) is 2.28. The van der Waals surface area contributed by atoms with Crippen molar-refractivity contribution in [2.24, 2.45) is 0 Å². The van der Waals surface area contributed by atoms with E-state index in [1.165, 1.54) is 74.6 Å². The first-order valence-corrected chi connectivity index (χ1v) is 18.1. The average molecular weight is 654 g/mol. The van der Waals surface area contributed by atoms with Crippen molar-refractivity contribution in [2.45, 2.75) is 22.5 Å². The maximum Gasteiger partial charge on any atom is 0.104 e. The van der Waals surface area contributed by atoms with Gasteiger partial charge in [-0.25, -0.2) is 0 Å². The van der Waals surface area contributed by atoms with Crippen LogP contribution in [0.25, 0.3) is 47.4 Å². The molecule has 0 amide bonds. The predicted molar refractivity (Wildman–Crippen MR) is 206 cm³/mol. The van der Waals surface area contributed by atoms with Crippen molar-refractivity contribution in [2.75, 3.05) is 5.32 Å². The second kappa shape index (κ2) is 11.3. The fourth-order valence-electron chi connectivity index (χ4n) is 7.45. The number of anilines is 1. The summed E-state index contributed by atoms with van der Waals surface area (Å²) in [5.41, 5.74) is 7.40. The molecule has 3 atom stereocenters. The second-order valence-electron chi connectivity index (χ2n) is 12.6. The van der Waals surface area contributed by atoms with Crippen LogP contribution in [0.2, 0.25) is 0 Å². The molecule has 0 aliphatic carbocycles. The number of benzene rings is 7. The van der Waals surface area contributed by atoms with Gasteiger partial charge in [-0.1, -0.05) is 139 Å². The summed E-state index contributed by atoms with van der Waals surface area (Å²) in [5.74, 6) is 0. The molecule has 2 aliphatic heterocycles. The topological polar surface area (TPSA) is 36.1 Å². The molecule has 7 aromatic carbocycles. The molecule has 1 aromatic heterocycles. The highest BCUT2D eigenvalue weighted by molar-refractivity contribution is 8.00. The van der Waals surface area contributed by atoms with Crippen molar-refractivity contribution >= 4 is 76.2 Å². The minimum Gasteiger partial charge on any atom is -0.368 e. The van der Waals surface area contributed by atoms with Gasteiger partial charge in [0.2, 0.25) is 0 Å². The molecule has 2 aliphatic rings. The molecule has 0 radical (unpaired) electrons. The molecule has 3 unspecified atom stereocenters. The molecule has 3 nitrogen and oxygen atoms in total. The highest BCUT2D eigenvalue weighted by atomic mass is 32.2. The summed E-state index contributed by atoms with van der Waals surface area (Å²) in [5, 5.41) is 19.7. The molecule has 0 bridgehead atoms. The van der Waals surface area contributed by atoms with E-state index in [0.717, 1.165) is 5.70 Å². The van der Waals surface area contributed by atoms with Crippen LogP contribution in [0.3, 0.4) is 0 Å². The number of fused-ring (bicyclic) bond motifs is 8. The van der Waals surface area contributed by atoms with E-state index < -0.39 is 0 Å². The van der Waals surface area contributed by atoms with Gasteiger partial charge in [0.1, 0.15) is 11.5 Å². The van der Waals surface area contributed by atoms with Gasteiger partial charge in [-0.05, 0) is 62.7 Å². The molecule has 0 fully saturated rings. The lowest BCUT2D eigenvalue weighted by atomic mass is 9.95. The first-order chi connectivity index (χ1) is 23.8. The lowest BCUT2D eigenvalue weighted by Crippen LogP contribution is -2.39. The zero-order valence-electron chi connectivity index (χ0n) is 26.0. The zero-order chi connectivity index (χ0) is 31.6. The third-order valence-electron chi connectivity index (χ3n) is 9.78. The molecule has 3 N–H and O–H groups in total. The van der Waals surface area contributed by atoms with Crippen LogP contribution in [-0.4, -0.2) is 0 Å². The van der Waals surface area contributed by atoms with Gasteiger partial charge in [0.15, 0.2) is 0 Å². The Kier molecular flexibility index (Phi) is 6.57. The monoisotopic (exact) mass is 653 g/mol. The zero-order valence-corrected chi connectivity index (χ0v) is 27.6. The summed E-state index contributed by atoms with van der Waals surface area (Å²) < 4.78 is 2.67.